The van der Waals surface area contributed by atoms with Crippen LogP contribution in [0.25, 0.3) is 11.1 Å². The van der Waals surface area contributed by atoms with Gasteiger partial charge >= 0.3 is 6.03 Å². The van der Waals surface area contributed by atoms with Crippen molar-refractivity contribution in [3.8, 4) is 11.1 Å². The molecule has 22 heavy (non-hydrogen) atoms. The van der Waals surface area contributed by atoms with Crippen molar-refractivity contribution >= 4 is 23.6 Å². The van der Waals surface area contributed by atoms with Gasteiger partial charge in [-0.3, -0.25) is 9.88 Å². The summed E-state index contributed by atoms with van der Waals surface area (Å²) in [7, 11) is 0. The highest BCUT2D eigenvalue weighted by Crippen LogP contribution is 2.29. The van der Waals surface area contributed by atoms with Gasteiger partial charge in [-0.25, -0.2) is 9.78 Å². The summed E-state index contributed by atoms with van der Waals surface area (Å²) < 4.78 is 0. The first-order chi connectivity index (χ1) is 10.7. The van der Waals surface area contributed by atoms with Crippen LogP contribution in [0.4, 0.5) is 10.6 Å². The number of hydrogen-bond acceptors (Lipinski definition) is 4. The number of carbonyl (C=O) groups excluding carboxylic acids is 1. The van der Waals surface area contributed by atoms with Crippen LogP contribution in [0.2, 0.25) is 0 Å². The minimum atomic E-state index is -0.440. The SMILES string of the molecule is CSCc1cncc(-c2cnc3c(c2)CCCN3C(N)=O)c1. The maximum Gasteiger partial charge on any atom is 0.320 e. The summed E-state index contributed by atoms with van der Waals surface area (Å²) in [5, 5.41) is 0. The molecule has 0 aromatic carbocycles. The van der Waals surface area contributed by atoms with Gasteiger partial charge in [-0.2, -0.15) is 11.8 Å². The van der Waals surface area contributed by atoms with E-state index in [0.717, 1.165) is 35.3 Å². The number of amides is 2. The van der Waals surface area contributed by atoms with E-state index < -0.39 is 6.03 Å². The number of rotatable bonds is 3. The highest BCUT2D eigenvalue weighted by molar-refractivity contribution is 7.97. The smallest absolute Gasteiger partial charge is 0.320 e. The van der Waals surface area contributed by atoms with Crippen LogP contribution in [-0.4, -0.2) is 28.8 Å². The zero-order valence-corrected chi connectivity index (χ0v) is 13.3. The van der Waals surface area contributed by atoms with Crippen LogP contribution in [0.3, 0.4) is 0 Å². The lowest BCUT2D eigenvalue weighted by Crippen LogP contribution is -2.40. The number of nitrogens with zero attached hydrogens (tertiary/aromatic N) is 3. The highest BCUT2D eigenvalue weighted by Gasteiger charge is 2.22. The molecule has 6 heteroatoms. The van der Waals surface area contributed by atoms with Crippen molar-refractivity contribution in [2.45, 2.75) is 18.6 Å². The van der Waals surface area contributed by atoms with Gasteiger partial charge in [0.15, 0.2) is 0 Å². The second-order valence-corrected chi connectivity index (χ2v) is 6.18. The van der Waals surface area contributed by atoms with Crippen molar-refractivity contribution in [1.82, 2.24) is 9.97 Å². The van der Waals surface area contributed by atoms with Gasteiger partial charge in [-0.1, -0.05) is 0 Å². The summed E-state index contributed by atoms with van der Waals surface area (Å²) in [6.07, 6.45) is 9.43. The average molecular weight is 314 g/mol. The van der Waals surface area contributed by atoms with Crippen molar-refractivity contribution in [3.63, 3.8) is 0 Å². The van der Waals surface area contributed by atoms with Crippen molar-refractivity contribution in [1.29, 1.82) is 0 Å². The molecule has 2 aromatic rings. The number of nitrogens with two attached hydrogens (primary N) is 1. The fourth-order valence-corrected chi connectivity index (χ4v) is 3.22. The van der Waals surface area contributed by atoms with Crippen LogP contribution in [0, 0.1) is 0 Å². The van der Waals surface area contributed by atoms with E-state index in [1.165, 1.54) is 5.56 Å². The third-order valence-corrected chi connectivity index (χ3v) is 4.35. The van der Waals surface area contributed by atoms with Gasteiger partial charge < -0.3 is 5.73 Å². The monoisotopic (exact) mass is 314 g/mol. The Hall–Kier alpha value is -2.08. The Bertz CT molecular complexity index is 704. The summed E-state index contributed by atoms with van der Waals surface area (Å²) in [6, 6.07) is 3.80. The van der Waals surface area contributed by atoms with E-state index in [4.69, 9.17) is 5.73 Å². The molecule has 0 spiro atoms. The molecule has 0 unspecified atom stereocenters. The number of carbonyl (C=O) groups is 1. The number of pyridine rings is 2. The third kappa shape index (κ3) is 2.92. The fraction of sp³-hybridized carbons (Fsp3) is 0.312. The molecule has 0 radical (unpaired) electrons. The standard InChI is InChI=1S/C16H18N4OS/c1-22-10-11-5-13(8-18-7-11)14-6-12-3-2-4-20(16(17)21)15(12)19-9-14/h5-9H,2-4,10H2,1H3,(H2,17,21). The van der Waals surface area contributed by atoms with Gasteiger partial charge in [-0.15, -0.1) is 0 Å². The molecule has 0 aliphatic carbocycles. The molecule has 114 valence electrons. The molecule has 0 atom stereocenters. The largest absolute Gasteiger partial charge is 0.351 e. The third-order valence-electron chi connectivity index (χ3n) is 3.73. The summed E-state index contributed by atoms with van der Waals surface area (Å²) in [4.78, 5) is 21.8. The van der Waals surface area contributed by atoms with E-state index in [-0.39, 0.29) is 0 Å². The Morgan fingerprint density at radius 2 is 2.14 bits per heavy atom. The first kappa shape index (κ1) is 14.8. The lowest BCUT2D eigenvalue weighted by Gasteiger charge is -2.26. The Kier molecular flexibility index (Phi) is 4.29. The quantitative estimate of drug-likeness (QED) is 0.945. The lowest BCUT2D eigenvalue weighted by atomic mass is 10.0. The lowest BCUT2D eigenvalue weighted by molar-refractivity contribution is 0.253. The van der Waals surface area contributed by atoms with Gasteiger partial charge in [0.1, 0.15) is 5.82 Å². The average Bonchev–Trinajstić information content (AvgIpc) is 2.54. The fourth-order valence-electron chi connectivity index (χ4n) is 2.73. The minimum absolute atomic E-state index is 0.440. The first-order valence-corrected chi connectivity index (χ1v) is 8.57. The summed E-state index contributed by atoms with van der Waals surface area (Å²) in [5.41, 5.74) is 9.76. The number of urea groups is 1. The van der Waals surface area contributed by atoms with Crippen LogP contribution < -0.4 is 10.6 Å². The predicted octanol–water partition coefficient (Wildman–Crippen LogP) is 2.84. The minimum Gasteiger partial charge on any atom is -0.351 e. The topological polar surface area (TPSA) is 72.1 Å². The Labute approximate surface area is 133 Å². The van der Waals surface area contributed by atoms with Crippen LogP contribution in [0.15, 0.2) is 30.7 Å². The predicted molar refractivity (Wildman–Crippen MR) is 89.9 cm³/mol. The molecule has 5 nitrogen and oxygen atoms in total. The molecule has 1 aliphatic heterocycles. The molecular weight excluding hydrogens is 296 g/mol. The maximum absolute atomic E-state index is 11.5. The number of aryl methyl sites for hydroxylation is 1. The van der Waals surface area contributed by atoms with Crippen molar-refractivity contribution in [3.05, 3.63) is 41.9 Å². The van der Waals surface area contributed by atoms with Crippen molar-refractivity contribution in [2.24, 2.45) is 5.73 Å². The molecule has 2 N–H and O–H groups in total. The molecule has 0 fully saturated rings. The molecule has 2 amide bonds. The number of fused-ring (bicyclic) bond motifs is 1. The normalized spacial score (nSPS) is 13.8. The van der Waals surface area contributed by atoms with Crippen molar-refractivity contribution in [2.75, 3.05) is 17.7 Å². The number of thioether (sulfide) groups is 1. The second kappa shape index (κ2) is 6.36. The molecule has 0 saturated heterocycles. The van der Waals surface area contributed by atoms with Gasteiger partial charge in [0, 0.05) is 42.0 Å². The zero-order chi connectivity index (χ0) is 15.5. The van der Waals surface area contributed by atoms with Crippen LogP contribution in [0.5, 0.6) is 0 Å². The van der Waals surface area contributed by atoms with Gasteiger partial charge in [0.05, 0.1) is 0 Å². The van der Waals surface area contributed by atoms with Gasteiger partial charge in [0.2, 0.25) is 0 Å². The first-order valence-electron chi connectivity index (χ1n) is 7.18. The van der Waals surface area contributed by atoms with E-state index in [9.17, 15) is 4.79 Å². The summed E-state index contributed by atoms with van der Waals surface area (Å²) in [5.74, 6) is 1.63. The molecule has 0 bridgehead atoms. The van der Waals surface area contributed by atoms with Crippen LogP contribution >= 0.6 is 11.8 Å². The Morgan fingerprint density at radius 3 is 2.91 bits per heavy atom. The van der Waals surface area contributed by atoms with Crippen LogP contribution in [-0.2, 0) is 12.2 Å². The molecule has 2 aromatic heterocycles. The van der Waals surface area contributed by atoms with E-state index in [2.05, 4.69) is 28.4 Å². The summed E-state index contributed by atoms with van der Waals surface area (Å²) >= 11 is 1.77. The van der Waals surface area contributed by atoms with E-state index in [1.54, 1.807) is 22.9 Å². The number of anilines is 1. The number of aromatic nitrogens is 2. The summed E-state index contributed by atoms with van der Waals surface area (Å²) in [6.45, 7) is 0.638. The molecule has 1 aliphatic rings. The second-order valence-electron chi connectivity index (χ2n) is 5.32. The van der Waals surface area contributed by atoms with Gasteiger partial charge in [0.25, 0.3) is 0 Å². The Morgan fingerprint density at radius 1 is 1.32 bits per heavy atom. The van der Waals surface area contributed by atoms with Gasteiger partial charge in [-0.05, 0) is 42.4 Å². The van der Waals surface area contributed by atoms with E-state index in [1.807, 2.05) is 12.4 Å². The number of primary amides is 1. The van der Waals surface area contributed by atoms with E-state index >= 15 is 0 Å². The zero-order valence-electron chi connectivity index (χ0n) is 12.5. The van der Waals surface area contributed by atoms with Crippen LogP contribution in [0.1, 0.15) is 17.5 Å². The van der Waals surface area contributed by atoms with Crippen molar-refractivity contribution < 1.29 is 4.79 Å². The number of hydrogen-bond donors (Lipinski definition) is 1. The maximum atomic E-state index is 11.5. The molecular formula is C16H18N4OS. The Balaban J connectivity index is 1.97. The highest BCUT2D eigenvalue weighted by atomic mass is 32.2. The van der Waals surface area contributed by atoms with E-state index in [0.29, 0.717) is 12.4 Å². The molecule has 3 rings (SSSR count). The molecule has 0 saturated carbocycles. The molecule has 3 heterocycles.